The summed E-state index contributed by atoms with van der Waals surface area (Å²) < 4.78 is 5.77. The van der Waals surface area contributed by atoms with Gasteiger partial charge in [-0.15, -0.1) is 0 Å². The summed E-state index contributed by atoms with van der Waals surface area (Å²) in [4.78, 5) is 12.2. The van der Waals surface area contributed by atoms with Gasteiger partial charge in [0.1, 0.15) is 17.6 Å². The fourth-order valence-corrected chi connectivity index (χ4v) is 2.67. The van der Waals surface area contributed by atoms with Crippen molar-refractivity contribution in [2.75, 3.05) is 0 Å². The molecule has 1 aromatic carbocycles. The fraction of sp³-hybridized carbons (Fsp3) is 0.389. The zero-order valence-corrected chi connectivity index (χ0v) is 12.8. The number of hydrogen-bond acceptors (Lipinski definition) is 2. The first kappa shape index (κ1) is 13.9. The Morgan fingerprint density at radius 3 is 2.52 bits per heavy atom. The Kier molecular flexibility index (Phi) is 3.58. The number of nitrogens with one attached hydrogen (secondary N) is 1. The molecule has 1 N–H and O–H groups in total. The minimum atomic E-state index is -0.201. The standard InChI is InChI=1S/C18H21NO2/c1-11-4-8-15(12(2)10-11)17(16-9-5-13(3)21-16)19-18(20)14-6-7-14/h4-5,8-10,14,17H,6-7H2,1-3H3,(H,19,20). The molecule has 0 aliphatic heterocycles. The van der Waals surface area contributed by atoms with E-state index in [1.807, 2.05) is 19.1 Å². The molecule has 3 rings (SSSR count). The van der Waals surface area contributed by atoms with E-state index < -0.39 is 0 Å². The molecule has 21 heavy (non-hydrogen) atoms. The highest BCUT2D eigenvalue weighted by molar-refractivity contribution is 5.81. The smallest absolute Gasteiger partial charge is 0.223 e. The van der Waals surface area contributed by atoms with Crippen LogP contribution in [-0.2, 0) is 4.79 Å². The Labute approximate surface area is 125 Å². The summed E-state index contributed by atoms with van der Waals surface area (Å²) in [7, 11) is 0. The van der Waals surface area contributed by atoms with Crippen LogP contribution in [0.3, 0.4) is 0 Å². The van der Waals surface area contributed by atoms with Crippen molar-refractivity contribution in [3.63, 3.8) is 0 Å². The van der Waals surface area contributed by atoms with Crippen LogP contribution >= 0.6 is 0 Å². The van der Waals surface area contributed by atoms with E-state index in [1.165, 1.54) is 11.1 Å². The molecule has 110 valence electrons. The Morgan fingerprint density at radius 2 is 1.95 bits per heavy atom. The molecular weight excluding hydrogens is 262 g/mol. The molecule has 0 spiro atoms. The maximum Gasteiger partial charge on any atom is 0.223 e. The lowest BCUT2D eigenvalue weighted by atomic mass is 9.97. The number of aryl methyl sites for hydroxylation is 3. The lowest BCUT2D eigenvalue weighted by molar-refractivity contribution is -0.122. The minimum Gasteiger partial charge on any atom is -0.464 e. The molecule has 1 amide bonds. The zero-order valence-electron chi connectivity index (χ0n) is 12.8. The molecule has 1 aliphatic rings. The van der Waals surface area contributed by atoms with Crippen molar-refractivity contribution in [2.45, 2.75) is 39.7 Å². The number of hydrogen-bond donors (Lipinski definition) is 1. The number of benzene rings is 1. The molecule has 1 heterocycles. The van der Waals surface area contributed by atoms with Gasteiger partial charge in [0.05, 0.1) is 0 Å². The summed E-state index contributed by atoms with van der Waals surface area (Å²) >= 11 is 0. The van der Waals surface area contributed by atoms with Crippen molar-refractivity contribution < 1.29 is 9.21 Å². The summed E-state index contributed by atoms with van der Waals surface area (Å²) in [5.74, 6) is 1.98. The average Bonchev–Trinajstić information content (AvgIpc) is 3.19. The van der Waals surface area contributed by atoms with E-state index in [9.17, 15) is 4.79 Å². The summed E-state index contributed by atoms with van der Waals surface area (Å²) in [6.07, 6.45) is 2.01. The highest BCUT2D eigenvalue weighted by Gasteiger charge is 2.32. The van der Waals surface area contributed by atoms with Gasteiger partial charge in [0.15, 0.2) is 0 Å². The zero-order chi connectivity index (χ0) is 15.0. The first-order valence-corrected chi connectivity index (χ1v) is 7.48. The lowest BCUT2D eigenvalue weighted by Gasteiger charge is -2.19. The van der Waals surface area contributed by atoms with Crippen LogP contribution in [0, 0.1) is 26.7 Å². The predicted molar refractivity (Wildman–Crippen MR) is 82.1 cm³/mol. The Hall–Kier alpha value is -2.03. The Balaban J connectivity index is 1.96. The minimum absolute atomic E-state index is 0.133. The van der Waals surface area contributed by atoms with Crippen molar-refractivity contribution in [3.8, 4) is 0 Å². The van der Waals surface area contributed by atoms with Crippen molar-refractivity contribution >= 4 is 5.91 Å². The average molecular weight is 283 g/mol. The first-order valence-electron chi connectivity index (χ1n) is 7.48. The number of amides is 1. The van der Waals surface area contributed by atoms with Crippen LogP contribution in [0.25, 0.3) is 0 Å². The van der Waals surface area contributed by atoms with Crippen molar-refractivity contribution in [1.29, 1.82) is 0 Å². The summed E-state index contributed by atoms with van der Waals surface area (Å²) in [5.41, 5.74) is 3.49. The third-order valence-electron chi connectivity index (χ3n) is 4.02. The molecule has 1 atom stereocenters. The summed E-state index contributed by atoms with van der Waals surface area (Å²) in [6, 6.07) is 9.99. The van der Waals surface area contributed by atoms with Gasteiger partial charge in [-0.3, -0.25) is 4.79 Å². The maximum atomic E-state index is 12.2. The topological polar surface area (TPSA) is 42.2 Å². The van der Waals surface area contributed by atoms with Gasteiger partial charge in [-0.1, -0.05) is 23.8 Å². The Bertz CT molecular complexity index is 668. The highest BCUT2D eigenvalue weighted by atomic mass is 16.3. The number of furan rings is 1. The van der Waals surface area contributed by atoms with E-state index in [2.05, 4.69) is 37.4 Å². The predicted octanol–water partition coefficient (Wildman–Crippen LogP) is 3.82. The monoisotopic (exact) mass is 283 g/mol. The quantitative estimate of drug-likeness (QED) is 0.926. The van der Waals surface area contributed by atoms with Crippen molar-refractivity contribution in [1.82, 2.24) is 5.32 Å². The SMILES string of the molecule is Cc1ccc(C(NC(=O)C2CC2)c2ccc(C)o2)c(C)c1. The second-order valence-electron chi connectivity index (χ2n) is 6.02. The molecule has 3 nitrogen and oxygen atoms in total. The maximum absolute atomic E-state index is 12.2. The molecule has 1 unspecified atom stereocenters. The van der Waals surface area contributed by atoms with Gasteiger partial charge in [-0.25, -0.2) is 0 Å². The largest absolute Gasteiger partial charge is 0.464 e. The second kappa shape index (κ2) is 5.40. The highest BCUT2D eigenvalue weighted by Crippen LogP contribution is 2.32. The summed E-state index contributed by atoms with van der Waals surface area (Å²) in [5, 5.41) is 3.15. The van der Waals surface area contributed by atoms with Crippen LogP contribution < -0.4 is 5.32 Å². The van der Waals surface area contributed by atoms with Crippen LogP contribution in [0.1, 0.15) is 47.1 Å². The number of carbonyl (C=O) groups is 1. The van der Waals surface area contributed by atoms with Crippen LogP contribution in [0.5, 0.6) is 0 Å². The third-order valence-corrected chi connectivity index (χ3v) is 4.02. The third kappa shape index (κ3) is 3.02. The summed E-state index contributed by atoms with van der Waals surface area (Å²) in [6.45, 7) is 6.07. The molecule has 0 radical (unpaired) electrons. The second-order valence-corrected chi connectivity index (χ2v) is 6.02. The van der Waals surface area contributed by atoms with Gasteiger partial charge in [0.2, 0.25) is 5.91 Å². The van der Waals surface area contributed by atoms with Crippen molar-refractivity contribution in [3.05, 3.63) is 58.5 Å². The van der Waals surface area contributed by atoms with Crippen LogP contribution in [0.15, 0.2) is 34.7 Å². The molecular formula is C18H21NO2. The normalized spacial score (nSPS) is 15.8. The van der Waals surface area contributed by atoms with Gasteiger partial charge in [0, 0.05) is 5.92 Å². The first-order chi connectivity index (χ1) is 10.0. The Morgan fingerprint density at radius 1 is 1.19 bits per heavy atom. The van der Waals surface area contributed by atoms with Crippen LogP contribution in [-0.4, -0.2) is 5.91 Å². The van der Waals surface area contributed by atoms with Gasteiger partial charge < -0.3 is 9.73 Å². The molecule has 1 aromatic heterocycles. The molecule has 2 aromatic rings. The van der Waals surface area contributed by atoms with Crippen LogP contribution in [0.4, 0.5) is 0 Å². The van der Waals surface area contributed by atoms with Gasteiger partial charge in [-0.2, -0.15) is 0 Å². The van der Waals surface area contributed by atoms with E-state index in [0.717, 1.165) is 29.9 Å². The molecule has 1 fully saturated rings. The number of carbonyl (C=O) groups excluding carboxylic acids is 1. The fourth-order valence-electron chi connectivity index (χ4n) is 2.67. The lowest BCUT2D eigenvalue weighted by Crippen LogP contribution is -2.30. The van der Waals surface area contributed by atoms with E-state index >= 15 is 0 Å². The van der Waals surface area contributed by atoms with E-state index in [0.29, 0.717) is 0 Å². The van der Waals surface area contributed by atoms with Gasteiger partial charge >= 0.3 is 0 Å². The van der Waals surface area contributed by atoms with Gasteiger partial charge in [-0.05, 0) is 56.9 Å². The molecule has 1 saturated carbocycles. The molecule has 0 saturated heterocycles. The van der Waals surface area contributed by atoms with E-state index in [4.69, 9.17) is 4.42 Å². The van der Waals surface area contributed by atoms with E-state index in [-0.39, 0.29) is 17.9 Å². The van der Waals surface area contributed by atoms with Crippen molar-refractivity contribution in [2.24, 2.45) is 5.92 Å². The van der Waals surface area contributed by atoms with Gasteiger partial charge in [0.25, 0.3) is 0 Å². The van der Waals surface area contributed by atoms with E-state index in [1.54, 1.807) is 0 Å². The van der Waals surface area contributed by atoms with Crippen LogP contribution in [0.2, 0.25) is 0 Å². The molecule has 0 bridgehead atoms. The molecule has 1 aliphatic carbocycles. The molecule has 3 heteroatoms. The number of rotatable bonds is 4.